The fourth-order valence-corrected chi connectivity index (χ4v) is 13.5. The van der Waals surface area contributed by atoms with E-state index >= 15 is 0 Å². The maximum absolute atomic E-state index is 6.81. The Labute approximate surface area is 711 Å². The molecule has 0 saturated heterocycles. The summed E-state index contributed by atoms with van der Waals surface area (Å²) in [5.74, 6) is 11.7. The highest BCUT2D eigenvalue weighted by Crippen LogP contribution is 2.26. The molecule has 654 valence electrons. The van der Waals surface area contributed by atoms with Crippen molar-refractivity contribution in [1.82, 2.24) is 105 Å². The highest BCUT2D eigenvalue weighted by Gasteiger charge is 2.25. The molecule has 35 nitrogen and oxygen atoms in total. The number of anilines is 14. The van der Waals surface area contributed by atoms with Crippen LogP contribution in [0.2, 0.25) is 5.28 Å². The monoisotopic (exact) mass is 1650 g/mol. The van der Waals surface area contributed by atoms with E-state index in [1.165, 1.54) is 128 Å². The number of rotatable bonds is 59. The number of aromatic nitrogens is 21. The highest BCUT2D eigenvalue weighted by molar-refractivity contribution is 6.28. The Morgan fingerprint density at radius 1 is 0.169 bits per heavy atom. The summed E-state index contributed by atoms with van der Waals surface area (Å²) in [6.07, 6.45) is 29.5. The lowest BCUT2D eigenvalue weighted by molar-refractivity contribution is 0.569. The molecule has 7 heterocycles. The molecule has 0 amide bonds. The van der Waals surface area contributed by atoms with Crippen molar-refractivity contribution in [2.24, 2.45) is 0 Å². The van der Waals surface area contributed by atoms with Gasteiger partial charge in [0.1, 0.15) is 34.9 Å². The van der Waals surface area contributed by atoms with E-state index in [0.717, 1.165) is 63.8 Å². The first-order valence-electron chi connectivity index (χ1n) is 43.5. The normalized spacial score (nSPS) is 11.3. The van der Waals surface area contributed by atoms with Gasteiger partial charge >= 0.3 is 0 Å². The molecular formula is C82H144ClN35. The summed E-state index contributed by atoms with van der Waals surface area (Å²) in [5.41, 5.74) is 0. The molecule has 0 aliphatic heterocycles. The number of halogens is 1. The zero-order valence-corrected chi connectivity index (χ0v) is 76.9. The van der Waals surface area contributed by atoms with Crippen molar-refractivity contribution in [3.63, 3.8) is 0 Å². The van der Waals surface area contributed by atoms with E-state index in [0.29, 0.717) is 178 Å². The fraction of sp³-hybridized carbons (Fsp3) is 0.744. The number of hydrogen-bond donors (Lipinski definition) is 0. The molecule has 36 heteroatoms. The van der Waals surface area contributed by atoms with Gasteiger partial charge in [-0.3, -0.25) is 0 Å². The molecule has 0 radical (unpaired) electrons. The van der Waals surface area contributed by atoms with E-state index in [9.17, 15) is 0 Å². The Kier molecular flexibility index (Phi) is 40.9. The van der Waals surface area contributed by atoms with Crippen LogP contribution >= 0.6 is 11.6 Å². The van der Waals surface area contributed by atoms with Crippen molar-refractivity contribution in [3.05, 3.63) is 40.2 Å². The minimum absolute atomic E-state index is 0.0614. The van der Waals surface area contributed by atoms with Crippen LogP contribution in [-0.2, 0) is 0 Å². The first-order valence-corrected chi connectivity index (χ1v) is 43.8. The molecule has 0 aliphatic rings. The Balaban J connectivity index is 1.06. The predicted molar refractivity (Wildman–Crippen MR) is 485 cm³/mol. The van der Waals surface area contributed by atoms with Crippen molar-refractivity contribution in [3.8, 4) is 0 Å². The number of nitrogens with zero attached hydrogens (tertiary/aromatic N) is 35. The molecular weight excluding hydrogens is 1510 g/mol. The molecule has 0 N–H and O–H groups in total. The zero-order valence-electron chi connectivity index (χ0n) is 76.1. The SMILES string of the molecule is CCCCCCCCN(CCCCCCCC)c1nc(C)nc(N(C)CCN(C)c2nc(N(C)CCN(C)c3nc(C)nc(C)n3)nc(N(C)CCN(C)c3nc(Cl)nc(N(C)CCN(C)c4nc(N(C)CCN(C)c5nc(C)nc(N(CCCCCCCC)CCCCCCCC)n5)nc(N(C)CN(C)c5nc(C)nc(C)n5)n4)n3)n2)n1. The topological polar surface area (TPSA) is 316 Å². The Bertz CT molecular complexity index is 3980. The smallest absolute Gasteiger partial charge is 0.233 e. The summed E-state index contributed by atoms with van der Waals surface area (Å²) in [4.78, 5) is 131. The average Bonchev–Trinajstić information content (AvgIpc) is 0.817. The second-order valence-corrected chi connectivity index (χ2v) is 32.2. The molecule has 0 aliphatic carbocycles. The molecule has 0 aromatic carbocycles. The van der Waals surface area contributed by atoms with Crippen LogP contribution in [0.4, 0.5) is 83.3 Å². The summed E-state index contributed by atoms with van der Waals surface area (Å²) in [7, 11) is 23.7. The molecule has 0 saturated carbocycles. The third-order valence-corrected chi connectivity index (χ3v) is 21.2. The third-order valence-electron chi connectivity index (χ3n) is 21.0. The average molecular weight is 1660 g/mol. The van der Waals surface area contributed by atoms with E-state index in [1.807, 2.05) is 170 Å². The molecule has 118 heavy (non-hydrogen) atoms. The van der Waals surface area contributed by atoms with Gasteiger partial charge in [-0.2, -0.15) is 94.7 Å². The van der Waals surface area contributed by atoms with E-state index in [1.54, 1.807) is 0 Å². The van der Waals surface area contributed by atoms with Gasteiger partial charge in [0.15, 0.2) is 0 Å². The van der Waals surface area contributed by atoms with Crippen molar-refractivity contribution in [2.75, 3.05) is 251 Å². The summed E-state index contributed by atoms with van der Waals surface area (Å²) in [5, 5.41) is 0.0614. The quantitative estimate of drug-likeness (QED) is 0.0252. The number of hydrogen-bond acceptors (Lipinski definition) is 35. The number of unbranched alkanes of at least 4 members (excludes halogenated alkanes) is 20. The summed E-state index contributed by atoms with van der Waals surface area (Å²) >= 11 is 6.81. The minimum Gasteiger partial charge on any atom is -0.342 e. The van der Waals surface area contributed by atoms with Gasteiger partial charge in [-0.05, 0) is 78.8 Å². The van der Waals surface area contributed by atoms with Gasteiger partial charge in [-0.15, -0.1) is 0 Å². The van der Waals surface area contributed by atoms with E-state index in [4.69, 9.17) is 76.4 Å². The maximum Gasteiger partial charge on any atom is 0.233 e. The fourth-order valence-electron chi connectivity index (χ4n) is 13.4. The largest absolute Gasteiger partial charge is 0.342 e. The molecule has 0 unspecified atom stereocenters. The molecule has 7 rings (SSSR count). The molecule has 0 bridgehead atoms. The van der Waals surface area contributed by atoms with Crippen LogP contribution in [0.5, 0.6) is 0 Å². The van der Waals surface area contributed by atoms with Crippen molar-refractivity contribution >= 4 is 94.9 Å². The number of aryl methyl sites for hydroxylation is 6. The van der Waals surface area contributed by atoms with Crippen molar-refractivity contribution < 1.29 is 0 Å². The van der Waals surface area contributed by atoms with Gasteiger partial charge in [-0.25, -0.2) is 9.97 Å². The maximum atomic E-state index is 6.81. The van der Waals surface area contributed by atoms with Gasteiger partial charge in [0.25, 0.3) is 0 Å². The van der Waals surface area contributed by atoms with Crippen LogP contribution in [0, 0.1) is 41.5 Å². The van der Waals surface area contributed by atoms with Crippen LogP contribution in [-0.4, -0.2) is 288 Å². The summed E-state index contributed by atoms with van der Waals surface area (Å²) in [6, 6.07) is 0. The summed E-state index contributed by atoms with van der Waals surface area (Å²) < 4.78 is 0. The zero-order chi connectivity index (χ0) is 85.6. The predicted octanol–water partition coefficient (Wildman–Crippen LogP) is 11.9. The first kappa shape index (κ1) is 95.7. The minimum atomic E-state index is 0.0614. The second-order valence-electron chi connectivity index (χ2n) is 31.9. The molecule has 0 fully saturated rings. The second kappa shape index (κ2) is 50.5. The van der Waals surface area contributed by atoms with Crippen LogP contribution in [0.15, 0.2) is 0 Å². The Morgan fingerprint density at radius 3 is 0.551 bits per heavy atom. The van der Waals surface area contributed by atoms with Gasteiger partial charge in [-0.1, -0.05) is 156 Å². The first-order chi connectivity index (χ1) is 56.6. The van der Waals surface area contributed by atoms with Crippen molar-refractivity contribution in [2.45, 2.75) is 223 Å². The van der Waals surface area contributed by atoms with Crippen molar-refractivity contribution in [1.29, 1.82) is 0 Å². The molecule has 7 aromatic heterocycles. The third kappa shape index (κ3) is 32.4. The van der Waals surface area contributed by atoms with Gasteiger partial charge in [0.2, 0.25) is 88.6 Å². The van der Waals surface area contributed by atoms with Crippen LogP contribution < -0.4 is 68.6 Å². The van der Waals surface area contributed by atoms with Crippen LogP contribution in [0.3, 0.4) is 0 Å². The van der Waals surface area contributed by atoms with E-state index in [-0.39, 0.29) is 5.28 Å². The molecule has 7 aromatic rings. The standard InChI is InChI=1S/C82H144ClN35/c1-23-27-31-35-39-43-47-117(48-44-40-36-32-28-24-2)81-92-66(9)90-71(103-81)106(12)52-57-111(17)76-97-75(110(16)56-51-105(11)69-86-62(5)84-63(6)87-69)98-77(99-76)112(18)59-54-108(14)73-94-68(83)95-74(96-73)109(15)55-60-114(20)79-100-78(101-80(102-79)116(22)61-115(21)70-88-64(7)85-65(8)89-70)113(19)58-53-107(13)72-91-67(10)93-82(104-72)118(49-45-41-37-33-29-25-3)50-46-42-38-34-30-26-4/h23-61H2,1-22H3. The number of likely N-dealkylation sites (N-methyl/N-ethyl adjacent to an activating group) is 10. The van der Waals surface area contributed by atoms with Gasteiger partial charge in [0.05, 0.1) is 6.67 Å². The molecule has 0 spiro atoms. The summed E-state index contributed by atoms with van der Waals surface area (Å²) in [6.45, 7) is 29.9. The van der Waals surface area contributed by atoms with Crippen LogP contribution in [0.25, 0.3) is 0 Å². The highest BCUT2D eigenvalue weighted by atomic mass is 35.5. The lowest BCUT2D eigenvalue weighted by Gasteiger charge is -2.29. The Hall–Kier alpha value is -9.44. The van der Waals surface area contributed by atoms with E-state index in [2.05, 4.69) is 92.1 Å². The molecule has 0 atom stereocenters. The Morgan fingerprint density at radius 2 is 0.322 bits per heavy atom. The lowest BCUT2D eigenvalue weighted by atomic mass is 10.1. The lowest BCUT2D eigenvalue weighted by Crippen LogP contribution is -2.38. The van der Waals surface area contributed by atoms with Crippen LogP contribution in [0.1, 0.15) is 217 Å². The van der Waals surface area contributed by atoms with Gasteiger partial charge in [0, 0.05) is 176 Å². The van der Waals surface area contributed by atoms with Gasteiger partial charge < -0.3 is 68.6 Å². The van der Waals surface area contributed by atoms with E-state index < -0.39 is 0 Å².